The summed E-state index contributed by atoms with van der Waals surface area (Å²) in [5.74, 6) is 0.249. The zero-order chi connectivity index (χ0) is 14.7. The molecular formula is C14H22O5S. The number of esters is 1. The molecule has 0 radical (unpaired) electrons. The van der Waals surface area contributed by atoms with Gasteiger partial charge in [-0.3, -0.25) is 8.98 Å². The Morgan fingerprint density at radius 2 is 2.00 bits per heavy atom. The molecule has 1 saturated heterocycles. The predicted molar refractivity (Wildman–Crippen MR) is 72.3 cm³/mol. The molecule has 20 heavy (non-hydrogen) atoms. The van der Waals surface area contributed by atoms with E-state index in [1.807, 2.05) is 6.92 Å². The van der Waals surface area contributed by atoms with Crippen LogP contribution in [0.3, 0.4) is 0 Å². The molecule has 5 nitrogen and oxygen atoms in total. The van der Waals surface area contributed by atoms with Crippen LogP contribution >= 0.6 is 0 Å². The zero-order valence-corrected chi connectivity index (χ0v) is 12.9. The van der Waals surface area contributed by atoms with E-state index >= 15 is 0 Å². The minimum Gasteiger partial charge on any atom is -0.459 e. The Balaban J connectivity index is 1.67. The first-order chi connectivity index (χ1) is 9.29. The smallest absolute Gasteiger partial charge is 0.309 e. The third-order valence-corrected chi connectivity index (χ3v) is 6.67. The van der Waals surface area contributed by atoms with Crippen LogP contribution in [0.5, 0.6) is 0 Å². The molecular weight excluding hydrogens is 280 g/mol. The van der Waals surface area contributed by atoms with Crippen LogP contribution in [0.15, 0.2) is 0 Å². The Bertz CT molecular complexity index is 512. The lowest BCUT2D eigenvalue weighted by molar-refractivity contribution is -0.160. The largest absolute Gasteiger partial charge is 0.459 e. The molecule has 3 rings (SSSR count). The molecule has 6 unspecified atom stereocenters. The lowest BCUT2D eigenvalue weighted by Gasteiger charge is -2.26. The summed E-state index contributed by atoms with van der Waals surface area (Å²) in [7, 11) is -3.43. The molecule has 0 aromatic carbocycles. The van der Waals surface area contributed by atoms with Crippen LogP contribution in [0, 0.1) is 23.7 Å². The fourth-order valence-corrected chi connectivity index (χ4v) is 5.98. The van der Waals surface area contributed by atoms with Gasteiger partial charge >= 0.3 is 5.97 Å². The SMILES string of the molecule is CC(C)CC(C)C(=O)OC1C2CC3C1OS(=O)(=O)C3C2. The summed E-state index contributed by atoms with van der Waals surface area (Å²) in [6.07, 6.45) is 1.38. The maximum Gasteiger partial charge on any atom is 0.309 e. The third-order valence-electron chi connectivity index (χ3n) is 4.89. The normalized spacial score (nSPS) is 42.1. The molecule has 2 saturated carbocycles. The van der Waals surface area contributed by atoms with Crippen molar-refractivity contribution in [1.29, 1.82) is 0 Å². The average molecular weight is 302 g/mol. The molecule has 114 valence electrons. The van der Waals surface area contributed by atoms with Crippen LogP contribution in [0.1, 0.15) is 40.0 Å². The van der Waals surface area contributed by atoms with Gasteiger partial charge < -0.3 is 4.74 Å². The number of carbonyl (C=O) groups excluding carboxylic acids is 1. The number of hydrogen-bond acceptors (Lipinski definition) is 5. The summed E-state index contributed by atoms with van der Waals surface area (Å²) in [4.78, 5) is 12.1. The molecule has 0 aromatic rings. The number of ether oxygens (including phenoxy) is 1. The van der Waals surface area contributed by atoms with Gasteiger partial charge in [-0.05, 0) is 25.2 Å². The van der Waals surface area contributed by atoms with Crippen LogP contribution in [0.4, 0.5) is 0 Å². The Hall–Kier alpha value is -0.620. The summed E-state index contributed by atoms with van der Waals surface area (Å²) >= 11 is 0. The average Bonchev–Trinajstić information content (AvgIpc) is 2.92. The maximum absolute atomic E-state index is 12.1. The van der Waals surface area contributed by atoms with Crippen molar-refractivity contribution in [2.24, 2.45) is 23.7 Å². The van der Waals surface area contributed by atoms with Gasteiger partial charge in [-0.2, -0.15) is 8.42 Å². The molecule has 2 bridgehead atoms. The highest BCUT2D eigenvalue weighted by Gasteiger charge is 2.65. The summed E-state index contributed by atoms with van der Waals surface area (Å²) < 4.78 is 34.5. The second kappa shape index (κ2) is 4.70. The molecule has 0 spiro atoms. The Morgan fingerprint density at radius 1 is 1.30 bits per heavy atom. The first-order valence-electron chi connectivity index (χ1n) is 7.42. The standard InChI is InChI=1S/C14H22O5S/c1-7(2)4-8(3)14(15)18-12-9-5-10-11(6-9)20(16,17)19-13(10)12/h7-13H,4-6H2,1-3H3. The Labute approximate surface area is 120 Å². The van der Waals surface area contributed by atoms with Crippen molar-refractivity contribution in [2.45, 2.75) is 57.5 Å². The van der Waals surface area contributed by atoms with E-state index in [2.05, 4.69) is 13.8 Å². The molecule has 0 aromatic heterocycles. The minimum atomic E-state index is -3.43. The van der Waals surface area contributed by atoms with Crippen LogP contribution in [0.25, 0.3) is 0 Å². The van der Waals surface area contributed by atoms with E-state index in [-0.39, 0.29) is 35.1 Å². The summed E-state index contributed by atoms with van der Waals surface area (Å²) in [6, 6.07) is 0. The molecule has 1 aliphatic heterocycles. The summed E-state index contributed by atoms with van der Waals surface area (Å²) in [5.41, 5.74) is 0. The second-order valence-electron chi connectivity index (χ2n) is 6.92. The van der Waals surface area contributed by atoms with Crippen molar-refractivity contribution < 1.29 is 22.1 Å². The maximum atomic E-state index is 12.1. The monoisotopic (exact) mass is 302 g/mol. The molecule has 3 fully saturated rings. The van der Waals surface area contributed by atoms with E-state index in [9.17, 15) is 13.2 Å². The topological polar surface area (TPSA) is 69.7 Å². The highest BCUT2D eigenvalue weighted by atomic mass is 32.2. The van der Waals surface area contributed by atoms with Crippen LogP contribution < -0.4 is 0 Å². The van der Waals surface area contributed by atoms with E-state index in [0.29, 0.717) is 12.3 Å². The molecule has 2 aliphatic carbocycles. The minimum absolute atomic E-state index is 0.0307. The predicted octanol–water partition coefficient (Wildman–Crippen LogP) is 1.72. The zero-order valence-electron chi connectivity index (χ0n) is 12.1. The molecule has 0 N–H and O–H groups in total. The fourth-order valence-electron chi connectivity index (χ4n) is 4.10. The second-order valence-corrected chi connectivity index (χ2v) is 8.70. The van der Waals surface area contributed by atoms with Crippen molar-refractivity contribution in [3.8, 4) is 0 Å². The van der Waals surface area contributed by atoms with E-state index in [4.69, 9.17) is 8.92 Å². The first-order valence-corrected chi connectivity index (χ1v) is 8.89. The lowest BCUT2D eigenvalue weighted by atomic mass is 9.94. The van der Waals surface area contributed by atoms with Crippen molar-refractivity contribution in [3.05, 3.63) is 0 Å². The van der Waals surface area contributed by atoms with Gasteiger partial charge in [-0.15, -0.1) is 0 Å². The Morgan fingerprint density at radius 3 is 2.65 bits per heavy atom. The molecule has 6 heteroatoms. The van der Waals surface area contributed by atoms with E-state index in [1.54, 1.807) is 0 Å². The van der Waals surface area contributed by atoms with Gasteiger partial charge in [0.1, 0.15) is 12.2 Å². The Kier molecular flexibility index (Phi) is 3.36. The van der Waals surface area contributed by atoms with Crippen LogP contribution in [0.2, 0.25) is 0 Å². The van der Waals surface area contributed by atoms with E-state index in [1.165, 1.54) is 0 Å². The summed E-state index contributed by atoms with van der Waals surface area (Å²) in [6.45, 7) is 6.00. The fraction of sp³-hybridized carbons (Fsp3) is 0.929. The van der Waals surface area contributed by atoms with Gasteiger partial charge in [0.05, 0.1) is 11.2 Å². The van der Waals surface area contributed by atoms with Gasteiger partial charge in [-0.25, -0.2) is 0 Å². The van der Waals surface area contributed by atoms with Crippen molar-refractivity contribution in [3.63, 3.8) is 0 Å². The highest BCUT2D eigenvalue weighted by Crippen LogP contribution is 2.55. The van der Waals surface area contributed by atoms with Crippen molar-refractivity contribution >= 4 is 16.1 Å². The van der Waals surface area contributed by atoms with Crippen LogP contribution in [-0.2, 0) is 23.8 Å². The number of fused-ring (bicyclic) bond motifs is 1. The highest BCUT2D eigenvalue weighted by molar-refractivity contribution is 7.87. The quantitative estimate of drug-likeness (QED) is 0.584. The number of rotatable bonds is 4. The molecule has 0 amide bonds. The van der Waals surface area contributed by atoms with Gasteiger partial charge in [-0.1, -0.05) is 20.8 Å². The number of hydrogen-bond donors (Lipinski definition) is 0. The molecule has 1 heterocycles. The molecule has 6 atom stereocenters. The lowest BCUT2D eigenvalue weighted by Crippen LogP contribution is -2.38. The van der Waals surface area contributed by atoms with E-state index in [0.717, 1.165) is 12.8 Å². The van der Waals surface area contributed by atoms with Crippen LogP contribution in [-0.4, -0.2) is 31.8 Å². The number of carbonyl (C=O) groups is 1. The third kappa shape index (κ3) is 2.17. The molecule has 3 aliphatic rings. The van der Waals surface area contributed by atoms with Gasteiger partial charge in [0.2, 0.25) is 0 Å². The van der Waals surface area contributed by atoms with Gasteiger partial charge in [0.15, 0.2) is 0 Å². The van der Waals surface area contributed by atoms with Crippen molar-refractivity contribution in [2.75, 3.05) is 0 Å². The van der Waals surface area contributed by atoms with Crippen molar-refractivity contribution in [1.82, 2.24) is 0 Å². The van der Waals surface area contributed by atoms with Gasteiger partial charge in [0.25, 0.3) is 10.1 Å². The first kappa shape index (κ1) is 14.3. The van der Waals surface area contributed by atoms with Gasteiger partial charge in [0, 0.05) is 11.8 Å². The summed E-state index contributed by atoms with van der Waals surface area (Å²) in [5, 5.41) is -0.361. The van der Waals surface area contributed by atoms with E-state index < -0.39 is 16.2 Å².